The van der Waals surface area contributed by atoms with Crippen LogP contribution in [0.1, 0.15) is 18.2 Å². The molecule has 1 aromatic carbocycles. The molecule has 0 aliphatic heterocycles. The molecular weight excluding hydrogens is 236 g/mol. The van der Waals surface area contributed by atoms with E-state index in [-0.39, 0.29) is 0 Å². The highest BCUT2D eigenvalue weighted by Crippen LogP contribution is 2.24. The molecule has 0 amide bonds. The Kier molecular flexibility index (Phi) is 4.61. The Hall–Kier alpha value is -1.32. The number of methoxy groups -OCH3 is 1. The van der Waals surface area contributed by atoms with Crippen molar-refractivity contribution in [1.82, 2.24) is 9.88 Å². The molecule has 1 N–H and O–H groups in total. The number of nitrogens with one attached hydrogen (secondary N) is 1. The van der Waals surface area contributed by atoms with Crippen molar-refractivity contribution in [3.05, 3.63) is 35.5 Å². The Morgan fingerprint density at radius 1 is 1.32 bits per heavy atom. The summed E-state index contributed by atoms with van der Waals surface area (Å²) >= 11 is 0. The molecule has 3 nitrogen and oxygen atoms in total. The van der Waals surface area contributed by atoms with Crippen LogP contribution < -0.4 is 5.32 Å². The first kappa shape index (κ1) is 14.1. The van der Waals surface area contributed by atoms with Gasteiger partial charge in [0.1, 0.15) is 0 Å². The van der Waals surface area contributed by atoms with Crippen LogP contribution in [0.2, 0.25) is 0 Å². The number of para-hydroxylation sites is 1. The van der Waals surface area contributed by atoms with Gasteiger partial charge in [0.15, 0.2) is 0 Å². The fraction of sp³-hybridized carbons (Fsp3) is 0.500. The number of fused-ring (bicyclic) bond motifs is 1. The standard InChI is InChI=1S/C16H24N2O/c1-12(11-19-4)9-17-10-16-13(2)14-7-5-6-8-15(14)18(16)3/h5-8,12,17H,9-11H2,1-4H3. The number of benzene rings is 1. The highest BCUT2D eigenvalue weighted by Gasteiger charge is 2.11. The molecule has 0 fully saturated rings. The number of nitrogens with zero attached hydrogens (tertiary/aromatic N) is 1. The van der Waals surface area contributed by atoms with Gasteiger partial charge in [0.05, 0.1) is 0 Å². The van der Waals surface area contributed by atoms with E-state index < -0.39 is 0 Å². The molecular formula is C16H24N2O. The Labute approximate surface area is 115 Å². The third kappa shape index (κ3) is 2.99. The molecule has 3 heteroatoms. The van der Waals surface area contributed by atoms with Gasteiger partial charge < -0.3 is 14.6 Å². The molecule has 1 atom stereocenters. The largest absolute Gasteiger partial charge is 0.384 e. The smallest absolute Gasteiger partial charge is 0.0499 e. The Morgan fingerprint density at radius 3 is 2.74 bits per heavy atom. The Balaban J connectivity index is 2.09. The summed E-state index contributed by atoms with van der Waals surface area (Å²) in [5, 5.41) is 4.88. The van der Waals surface area contributed by atoms with E-state index in [9.17, 15) is 0 Å². The van der Waals surface area contributed by atoms with E-state index in [1.807, 2.05) is 0 Å². The molecule has 104 valence electrons. The van der Waals surface area contributed by atoms with Gasteiger partial charge in [-0.1, -0.05) is 25.1 Å². The van der Waals surface area contributed by atoms with Crippen LogP contribution in [0.25, 0.3) is 10.9 Å². The Bertz CT molecular complexity index is 506. The van der Waals surface area contributed by atoms with Gasteiger partial charge in [0, 0.05) is 50.5 Å². The quantitative estimate of drug-likeness (QED) is 0.864. The number of ether oxygens (including phenoxy) is 1. The number of aromatic nitrogens is 1. The average molecular weight is 260 g/mol. The second kappa shape index (κ2) is 6.22. The lowest BCUT2D eigenvalue weighted by Gasteiger charge is -2.12. The molecule has 0 bridgehead atoms. The summed E-state index contributed by atoms with van der Waals surface area (Å²) in [4.78, 5) is 0. The number of rotatable bonds is 6. The highest BCUT2D eigenvalue weighted by molar-refractivity contribution is 5.85. The van der Waals surface area contributed by atoms with E-state index in [1.54, 1.807) is 7.11 Å². The zero-order valence-corrected chi connectivity index (χ0v) is 12.4. The van der Waals surface area contributed by atoms with Crippen molar-refractivity contribution in [2.45, 2.75) is 20.4 Å². The van der Waals surface area contributed by atoms with E-state index in [2.05, 4.69) is 55.0 Å². The van der Waals surface area contributed by atoms with Gasteiger partial charge in [-0.05, 0) is 24.5 Å². The maximum atomic E-state index is 5.16. The predicted molar refractivity (Wildman–Crippen MR) is 80.4 cm³/mol. The molecule has 1 aromatic heterocycles. The van der Waals surface area contributed by atoms with Crippen molar-refractivity contribution in [3.63, 3.8) is 0 Å². The minimum atomic E-state index is 0.542. The van der Waals surface area contributed by atoms with E-state index in [0.717, 1.165) is 19.7 Å². The second-order valence-corrected chi connectivity index (χ2v) is 5.34. The first-order valence-corrected chi connectivity index (χ1v) is 6.87. The third-order valence-corrected chi connectivity index (χ3v) is 3.74. The molecule has 2 rings (SSSR count). The van der Waals surface area contributed by atoms with E-state index in [0.29, 0.717) is 5.92 Å². The van der Waals surface area contributed by atoms with Gasteiger partial charge in [0.2, 0.25) is 0 Å². The maximum Gasteiger partial charge on any atom is 0.0499 e. The summed E-state index contributed by atoms with van der Waals surface area (Å²) in [5.74, 6) is 0.542. The maximum absolute atomic E-state index is 5.16. The van der Waals surface area contributed by atoms with Crippen LogP contribution in [0.15, 0.2) is 24.3 Å². The summed E-state index contributed by atoms with van der Waals surface area (Å²) in [6.45, 7) is 7.10. The zero-order chi connectivity index (χ0) is 13.8. The van der Waals surface area contributed by atoms with Gasteiger partial charge in [-0.25, -0.2) is 0 Å². The summed E-state index contributed by atoms with van der Waals surface area (Å²) in [7, 11) is 3.90. The number of hydrogen-bond acceptors (Lipinski definition) is 2. The normalized spacial score (nSPS) is 13.1. The van der Waals surface area contributed by atoms with E-state index >= 15 is 0 Å². The van der Waals surface area contributed by atoms with Gasteiger partial charge in [0.25, 0.3) is 0 Å². The van der Waals surface area contributed by atoms with Crippen molar-refractivity contribution in [1.29, 1.82) is 0 Å². The van der Waals surface area contributed by atoms with Crippen LogP contribution in [0, 0.1) is 12.8 Å². The van der Waals surface area contributed by atoms with Crippen molar-refractivity contribution < 1.29 is 4.74 Å². The fourth-order valence-electron chi connectivity index (χ4n) is 2.67. The van der Waals surface area contributed by atoms with Crippen molar-refractivity contribution in [2.75, 3.05) is 20.3 Å². The minimum Gasteiger partial charge on any atom is -0.384 e. The van der Waals surface area contributed by atoms with Crippen molar-refractivity contribution in [2.24, 2.45) is 13.0 Å². The lowest BCUT2D eigenvalue weighted by molar-refractivity contribution is 0.158. The monoisotopic (exact) mass is 260 g/mol. The van der Waals surface area contributed by atoms with Crippen LogP contribution in [0.5, 0.6) is 0 Å². The molecule has 1 heterocycles. The fourth-order valence-corrected chi connectivity index (χ4v) is 2.67. The van der Waals surface area contributed by atoms with Crippen LogP contribution in [0.4, 0.5) is 0 Å². The van der Waals surface area contributed by atoms with Crippen LogP contribution >= 0.6 is 0 Å². The second-order valence-electron chi connectivity index (χ2n) is 5.34. The van der Waals surface area contributed by atoms with Crippen LogP contribution in [0.3, 0.4) is 0 Å². The highest BCUT2D eigenvalue weighted by atomic mass is 16.5. The van der Waals surface area contributed by atoms with Crippen molar-refractivity contribution >= 4 is 10.9 Å². The number of aryl methyl sites for hydroxylation is 2. The molecule has 0 spiro atoms. The van der Waals surface area contributed by atoms with E-state index in [4.69, 9.17) is 4.74 Å². The molecule has 2 aromatic rings. The Morgan fingerprint density at radius 2 is 2.05 bits per heavy atom. The van der Waals surface area contributed by atoms with E-state index in [1.165, 1.54) is 22.2 Å². The first-order chi connectivity index (χ1) is 9.15. The third-order valence-electron chi connectivity index (χ3n) is 3.74. The molecule has 19 heavy (non-hydrogen) atoms. The van der Waals surface area contributed by atoms with Crippen LogP contribution in [-0.2, 0) is 18.3 Å². The predicted octanol–water partition coefficient (Wildman–Crippen LogP) is 2.86. The van der Waals surface area contributed by atoms with Gasteiger partial charge in [-0.15, -0.1) is 0 Å². The van der Waals surface area contributed by atoms with Crippen LogP contribution in [-0.4, -0.2) is 24.8 Å². The molecule has 0 aliphatic carbocycles. The average Bonchev–Trinajstić information content (AvgIpc) is 2.65. The number of hydrogen-bond donors (Lipinski definition) is 1. The SMILES string of the molecule is COCC(C)CNCc1c(C)c2ccccc2n1C. The summed E-state index contributed by atoms with van der Waals surface area (Å²) in [6.07, 6.45) is 0. The molecule has 0 aliphatic rings. The lowest BCUT2D eigenvalue weighted by Crippen LogP contribution is -2.24. The van der Waals surface area contributed by atoms with Gasteiger partial charge >= 0.3 is 0 Å². The summed E-state index contributed by atoms with van der Waals surface area (Å²) in [5.41, 5.74) is 4.05. The zero-order valence-electron chi connectivity index (χ0n) is 12.4. The van der Waals surface area contributed by atoms with Crippen molar-refractivity contribution in [3.8, 4) is 0 Å². The molecule has 0 saturated heterocycles. The topological polar surface area (TPSA) is 26.2 Å². The molecule has 0 radical (unpaired) electrons. The molecule has 1 unspecified atom stereocenters. The van der Waals surface area contributed by atoms with Gasteiger partial charge in [-0.2, -0.15) is 0 Å². The first-order valence-electron chi connectivity index (χ1n) is 6.87. The van der Waals surface area contributed by atoms with Gasteiger partial charge in [-0.3, -0.25) is 0 Å². The lowest BCUT2D eigenvalue weighted by atomic mass is 10.1. The summed E-state index contributed by atoms with van der Waals surface area (Å²) < 4.78 is 7.45. The minimum absolute atomic E-state index is 0.542. The summed E-state index contributed by atoms with van der Waals surface area (Å²) in [6, 6.07) is 8.58. The molecule has 0 saturated carbocycles.